The maximum Gasteiger partial charge on any atom is 0.416 e. The molecule has 2 unspecified atom stereocenters. The van der Waals surface area contributed by atoms with Crippen LogP contribution in [0.2, 0.25) is 0 Å². The van der Waals surface area contributed by atoms with E-state index in [0.29, 0.717) is 31.6 Å². The van der Waals surface area contributed by atoms with Crippen LogP contribution in [0.4, 0.5) is 26.3 Å². The smallest absolute Gasteiger partial charge is 0.339 e. The molecule has 0 spiro atoms. The van der Waals surface area contributed by atoms with Crippen LogP contribution in [0.25, 0.3) is 0 Å². The third-order valence-corrected chi connectivity index (χ3v) is 6.05. The molecule has 1 N–H and O–H groups in total. The number of nitrogens with one attached hydrogen (secondary N) is 1. The number of carbonyl (C=O) groups excluding carboxylic acids is 1. The molecule has 1 saturated heterocycles. The van der Waals surface area contributed by atoms with E-state index in [4.69, 9.17) is 0 Å². The lowest BCUT2D eigenvalue weighted by atomic mass is 9.80. The van der Waals surface area contributed by atoms with E-state index in [2.05, 4.69) is 5.32 Å². The Bertz CT molecular complexity index is 909. The summed E-state index contributed by atoms with van der Waals surface area (Å²) < 4.78 is 79.4. The minimum atomic E-state index is -4.94. The fraction of sp³-hybridized carbons (Fsp3) is 0.435. The Morgan fingerprint density at radius 2 is 1.56 bits per heavy atom. The van der Waals surface area contributed by atoms with E-state index in [0.717, 1.165) is 5.56 Å². The Hall–Kier alpha value is -2.55. The number of halogens is 6. The molecule has 2 aromatic carbocycles. The topological polar surface area (TPSA) is 32.3 Å². The summed E-state index contributed by atoms with van der Waals surface area (Å²) in [7, 11) is 1.42. The van der Waals surface area contributed by atoms with Crippen LogP contribution in [0.3, 0.4) is 0 Å². The largest absolute Gasteiger partial charge is 0.416 e. The molecule has 174 valence electrons. The molecule has 0 aliphatic carbocycles. The summed E-state index contributed by atoms with van der Waals surface area (Å²) in [5.74, 6) is -0.878. The van der Waals surface area contributed by atoms with Crippen LogP contribution in [-0.4, -0.2) is 30.9 Å². The molecule has 2 aromatic rings. The Labute approximate surface area is 182 Å². The second-order valence-corrected chi connectivity index (χ2v) is 8.08. The standard InChI is InChI=1S/C23H24F6N2O/c1-14(16-10-17(22(24,25)26)12-18(11-16)23(27,28)29)31(2)21(32)19-8-9-30-13-20(19)15-6-4-3-5-7-15/h3-7,10-12,14,19-20,30H,8-9,13H2,1-2H3/t14-,19?,20?/m1/s1. The van der Waals surface area contributed by atoms with Crippen molar-refractivity contribution in [2.24, 2.45) is 5.92 Å². The number of hydrogen-bond donors (Lipinski definition) is 1. The monoisotopic (exact) mass is 458 g/mol. The van der Waals surface area contributed by atoms with Crippen molar-refractivity contribution in [2.75, 3.05) is 20.1 Å². The summed E-state index contributed by atoms with van der Waals surface area (Å²) in [6.07, 6.45) is -9.36. The van der Waals surface area contributed by atoms with Gasteiger partial charge in [-0.25, -0.2) is 0 Å². The predicted octanol–water partition coefficient (Wildman–Crippen LogP) is 5.64. The van der Waals surface area contributed by atoms with E-state index in [9.17, 15) is 31.1 Å². The average molecular weight is 458 g/mol. The molecule has 9 heteroatoms. The molecular formula is C23H24F6N2O. The third kappa shape index (κ3) is 5.26. The van der Waals surface area contributed by atoms with E-state index < -0.39 is 35.4 Å². The quantitative estimate of drug-likeness (QED) is 0.602. The molecule has 1 heterocycles. The molecule has 1 aliphatic rings. The number of piperidine rings is 1. The normalized spacial score (nSPS) is 20.6. The van der Waals surface area contributed by atoms with Gasteiger partial charge in [0, 0.05) is 25.4 Å². The highest BCUT2D eigenvalue weighted by atomic mass is 19.4. The van der Waals surface area contributed by atoms with Gasteiger partial charge in [-0.15, -0.1) is 0 Å². The van der Waals surface area contributed by atoms with E-state index in [1.165, 1.54) is 18.9 Å². The zero-order valence-corrected chi connectivity index (χ0v) is 17.6. The Balaban J connectivity index is 1.91. The van der Waals surface area contributed by atoms with Crippen LogP contribution in [-0.2, 0) is 17.1 Å². The second kappa shape index (κ2) is 9.13. The average Bonchev–Trinajstić information content (AvgIpc) is 2.76. The van der Waals surface area contributed by atoms with Gasteiger partial charge in [0.05, 0.1) is 17.2 Å². The van der Waals surface area contributed by atoms with Gasteiger partial charge in [0.1, 0.15) is 0 Å². The molecular weight excluding hydrogens is 434 g/mol. The maximum atomic E-state index is 13.3. The van der Waals surface area contributed by atoms with Crippen LogP contribution in [0.15, 0.2) is 48.5 Å². The molecule has 3 nitrogen and oxygen atoms in total. The summed E-state index contributed by atoms with van der Waals surface area (Å²) >= 11 is 0. The number of alkyl halides is 6. The minimum absolute atomic E-state index is 0.0935. The van der Waals surface area contributed by atoms with Gasteiger partial charge in [-0.05, 0) is 49.2 Å². The van der Waals surface area contributed by atoms with Gasteiger partial charge in [-0.3, -0.25) is 4.79 Å². The molecule has 0 bridgehead atoms. The van der Waals surface area contributed by atoms with Crippen molar-refractivity contribution in [1.82, 2.24) is 10.2 Å². The first kappa shape index (κ1) is 24.1. The summed E-state index contributed by atoms with van der Waals surface area (Å²) in [4.78, 5) is 14.6. The van der Waals surface area contributed by atoms with Crippen LogP contribution in [0.1, 0.15) is 47.6 Å². The molecule has 1 amide bonds. The summed E-state index contributed by atoms with van der Waals surface area (Å²) in [5.41, 5.74) is -2.04. The van der Waals surface area contributed by atoms with Crippen molar-refractivity contribution in [3.8, 4) is 0 Å². The minimum Gasteiger partial charge on any atom is -0.339 e. The SMILES string of the molecule is C[C@H](c1cc(C(F)(F)F)cc(C(F)(F)F)c1)N(C)C(=O)C1CCNCC1c1ccccc1. The number of benzene rings is 2. The van der Waals surface area contributed by atoms with Gasteiger partial charge < -0.3 is 10.2 Å². The fourth-order valence-corrected chi connectivity index (χ4v) is 4.10. The highest BCUT2D eigenvalue weighted by Gasteiger charge is 2.39. The number of carbonyl (C=O) groups is 1. The number of hydrogen-bond acceptors (Lipinski definition) is 2. The number of nitrogens with zero attached hydrogens (tertiary/aromatic N) is 1. The number of rotatable bonds is 4. The molecule has 1 aliphatic heterocycles. The highest BCUT2D eigenvalue weighted by Crippen LogP contribution is 2.39. The maximum absolute atomic E-state index is 13.3. The number of amides is 1. The van der Waals surface area contributed by atoms with E-state index in [1.807, 2.05) is 30.3 Å². The van der Waals surface area contributed by atoms with Crippen LogP contribution >= 0.6 is 0 Å². The fourth-order valence-electron chi connectivity index (χ4n) is 4.10. The lowest BCUT2D eigenvalue weighted by Crippen LogP contribution is -2.44. The molecule has 1 fully saturated rings. The summed E-state index contributed by atoms with van der Waals surface area (Å²) in [6, 6.07) is 9.87. The molecule has 3 rings (SSSR count). The molecule has 0 radical (unpaired) electrons. The predicted molar refractivity (Wildman–Crippen MR) is 108 cm³/mol. The van der Waals surface area contributed by atoms with E-state index >= 15 is 0 Å². The van der Waals surface area contributed by atoms with Gasteiger partial charge in [-0.1, -0.05) is 30.3 Å². The van der Waals surface area contributed by atoms with Gasteiger partial charge in [-0.2, -0.15) is 26.3 Å². The highest BCUT2D eigenvalue weighted by molar-refractivity contribution is 5.80. The lowest BCUT2D eigenvalue weighted by Gasteiger charge is -2.36. The third-order valence-electron chi connectivity index (χ3n) is 6.05. The summed E-state index contributed by atoms with van der Waals surface area (Å²) in [5, 5.41) is 3.25. The Morgan fingerprint density at radius 3 is 2.09 bits per heavy atom. The van der Waals surface area contributed by atoms with E-state index in [-0.39, 0.29) is 23.5 Å². The molecule has 3 atom stereocenters. The van der Waals surface area contributed by atoms with Crippen molar-refractivity contribution in [3.05, 3.63) is 70.8 Å². The Morgan fingerprint density at radius 1 is 1.00 bits per heavy atom. The molecule has 0 aromatic heterocycles. The van der Waals surface area contributed by atoms with Gasteiger partial charge >= 0.3 is 12.4 Å². The summed E-state index contributed by atoms with van der Waals surface area (Å²) in [6.45, 7) is 2.60. The van der Waals surface area contributed by atoms with Crippen LogP contribution in [0.5, 0.6) is 0 Å². The van der Waals surface area contributed by atoms with Crippen LogP contribution in [0, 0.1) is 5.92 Å². The molecule has 32 heavy (non-hydrogen) atoms. The van der Waals surface area contributed by atoms with Crippen molar-refractivity contribution in [1.29, 1.82) is 0 Å². The lowest BCUT2D eigenvalue weighted by molar-refractivity contribution is -0.143. The first-order valence-corrected chi connectivity index (χ1v) is 10.2. The van der Waals surface area contributed by atoms with Crippen molar-refractivity contribution >= 4 is 5.91 Å². The van der Waals surface area contributed by atoms with Crippen molar-refractivity contribution in [3.63, 3.8) is 0 Å². The molecule has 0 saturated carbocycles. The second-order valence-electron chi connectivity index (χ2n) is 8.08. The van der Waals surface area contributed by atoms with Crippen LogP contribution < -0.4 is 5.32 Å². The van der Waals surface area contributed by atoms with E-state index in [1.54, 1.807) is 0 Å². The van der Waals surface area contributed by atoms with Gasteiger partial charge in [0.15, 0.2) is 0 Å². The first-order valence-electron chi connectivity index (χ1n) is 10.2. The zero-order chi connectivity index (χ0) is 23.7. The Kier molecular flexibility index (Phi) is 6.88. The van der Waals surface area contributed by atoms with Crippen molar-refractivity contribution < 1.29 is 31.1 Å². The first-order chi connectivity index (χ1) is 14.9. The van der Waals surface area contributed by atoms with Crippen molar-refractivity contribution in [2.45, 2.75) is 37.7 Å². The zero-order valence-electron chi connectivity index (χ0n) is 17.6. The van der Waals surface area contributed by atoms with Gasteiger partial charge in [0.2, 0.25) is 5.91 Å². The van der Waals surface area contributed by atoms with Gasteiger partial charge in [0.25, 0.3) is 0 Å².